The number of rotatable bonds is 8. The number of amidine groups is 1. The SMILES string of the molecule is Cc1ccc(COCC(F)(F)F)c(N2C(=O)CSC2=NC(=O)Nc2ccc(-c3ncn(-c4ccc(S(F)(F)(F)(F)F)cc4)n3)cc2C#N)c1. The van der Waals surface area contributed by atoms with E-state index >= 15 is 0 Å². The first-order chi connectivity index (χ1) is 22.7. The second-order valence-electron chi connectivity index (χ2n) is 10.4. The zero-order valence-corrected chi connectivity index (χ0v) is 26.4. The smallest absolute Gasteiger partial charge is 0.367 e. The number of carbonyl (C=O) groups is 2. The van der Waals surface area contributed by atoms with Crippen LogP contribution in [0.1, 0.15) is 16.7 Å². The number of halogens is 8. The van der Waals surface area contributed by atoms with Crippen LogP contribution in [0.25, 0.3) is 17.1 Å². The molecule has 0 spiro atoms. The summed E-state index contributed by atoms with van der Waals surface area (Å²) in [5.41, 5.74) is 1.29. The number of thioether (sulfide) groups is 1. The van der Waals surface area contributed by atoms with E-state index in [1.54, 1.807) is 19.1 Å². The Labute approximate surface area is 276 Å². The Hall–Kier alpha value is -5.00. The third-order valence-corrected chi connectivity index (χ3v) is 8.73. The van der Waals surface area contributed by atoms with Crippen LogP contribution in [0.3, 0.4) is 0 Å². The fourth-order valence-corrected chi connectivity index (χ4v) is 5.96. The number of carbonyl (C=O) groups excluding carboxylic acids is 2. The zero-order valence-electron chi connectivity index (χ0n) is 24.7. The summed E-state index contributed by atoms with van der Waals surface area (Å²) in [4.78, 5) is 32.8. The normalized spacial score (nSPS) is 16.0. The van der Waals surface area contributed by atoms with Crippen LogP contribution in [-0.4, -0.2) is 50.4 Å². The Morgan fingerprint density at radius 2 is 1.80 bits per heavy atom. The number of nitrogens with one attached hydrogen (secondary N) is 1. The van der Waals surface area contributed by atoms with Gasteiger partial charge in [0.2, 0.25) is 5.91 Å². The summed E-state index contributed by atoms with van der Waals surface area (Å²) in [7, 11) is -9.86. The minimum atomic E-state index is -9.86. The van der Waals surface area contributed by atoms with Crippen molar-refractivity contribution in [2.45, 2.75) is 24.6 Å². The highest BCUT2D eigenvalue weighted by molar-refractivity contribution is 8.45. The van der Waals surface area contributed by atoms with E-state index in [0.29, 0.717) is 5.56 Å². The summed E-state index contributed by atoms with van der Waals surface area (Å²) < 4.78 is 109. The van der Waals surface area contributed by atoms with Crippen molar-refractivity contribution in [3.63, 3.8) is 0 Å². The number of alkyl halides is 3. The average molecular weight is 732 g/mol. The quantitative estimate of drug-likeness (QED) is 0.180. The number of nitrogens with zero attached hydrogens (tertiary/aromatic N) is 6. The maximum atomic E-state index is 13.0. The van der Waals surface area contributed by atoms with Crippen molar-refractivity contribution in [3.8, 4) is 23.1 Å². The van der Waals surface area contributed by atoms with E-state index in [9.17, 15) is 47.5 Å². The number of aromatic nitrogens is 3. The molecule has 4 aromatic rings. The number of urea groups is 1. The number of nitriles is 1. The first-order valence-corrected chi connectivity index (χ1v) is 16.5. The second-order valence-corrected chi connectivity index (χ2v) is 13.8. The average Bonchev–Trinajstić information content (AvgIpc) is 3.63. The largest absolute Gasteiger partial charge is 0.411 e. The molecule has 0 aliphatic carbocycles. The molecule has 258 valence electrons. The molecule has 5 rings (SSSR count). The first kappa shape index (κ1) is 35.3. The maximum absolute atomic E-state index is 13.0. The monoisotopic (exact) mass is 731 g/mol. The number of hydrogen-bond acceptors (Lipinski definition) is 7. The predicted octanol–water partition coefficient (Wildman–Crippen LogP) is 8.52. The molecule has 1 fully saturated rings. The van der Waals surface area contributed by atoms with Crippen LogP contribution >= 0.6 is 22.0 Å². The predicted molar refractivity (Wildman–Crippen MR) is 166 cm³/mol. The molecule has 20 heteroatoms. The summed E-state index contributed by atoms with van der Waals surface area (Å²) in [6.07, 6.45) is -3.44. The molecule has 2 heterocycles. The molecule has 1 N–H and O–H groups in total. The molecule has 0 radical (unpaired) electrons. The van der Waals surface area contributed by atoms with Crippen LogP contribution in [0.5, 0.6) is 0 Å². The number of benzene rings is 3. The van der Waals surface area contributed by atoms with E-state index in [-0.39, 0.29) is 62.6 Å². The Balaban J connectivity index is 1.34. The van der Waals surface area contributed by atoms with Crippen LogP contribution in [0.4, 0.5) is 48.8 Å². The fraction of sp³-hybridized carbons (Fsp3) is 0.172. The highest BCUT2D eigenvalue weighted by Crippen LogP contribution is 3.02. The molecular weight excluding hydrogens is 710 g/mol. The number of ether oxygens (including phenoxy) is 1. The van der Waals surface area contributed by atoms with Gasteiger partial charge in [0, 0.05) is 11.1 Å². The maximum Gasteiger partial charge on any atom is 0.411 e. The van der Waals surface area contributed by atoms with E-state index in [2.05, 4.69) is 20.4 Å². The van der Waals surface area contributed by atoms with Gasteiger partial charge in [0.15, 0.2) is 11.0 Å². The third-order valence-electron chi connectivity index (χ3n) is 6.65. The van der Waals surface area contributed by atoms with E-state index in [0.717, 1.165) is 39.8 Å². The molecule has 0 saturated carbocycles. The van der Waals surface area contributed by atoms with Gasteiger partial charge < -0.3 is 10.1 Å². The molecular formula is C29H21F8N7O3S2. The number of amides is 3. The minimum absolute atomic E-state index is 0.00298. The molecule has 1 aromatic heterocycles. The first-order valence-electron chi connectivity index (χ1n) is 13.6. The number of aliphatic imine (C=N–C) groups is 1. The van der Waals surface area contributed by atoms with E-state index < -0.39 is 46.4 Å². The van der Waals surface area contributed by atoms with Crippen molar-refractivity contribution in [2.75, 3.05) is 22.6 Å². The number of hydrogen-bond donors (Lipinski definition) is 1. The lowest BCUT2D eigenvalue weighted by molar-refractivity contribution is -0.176. The van der Waals surface area contributed by atoms with Gasteiger partial charge in [-0.2, -0.15) is 23.4 Å². The number of anilines is 2. The molecule has 3 aromatic carbocycles. The van der Waals surface area contributed by atoms with Gasteiger partial charge in [-0.25, -0.2) is 14.5 Å². The van der Waals surface area contributed by atoms with E-state index in [1.165, 1.54) is 24.3 Å². The van der Waals surface area contributed by atoms with Gasteiger partial charge in [-0.1, -0.05) is 43.3 Å². The Morgan fingerprint density at radius 3 is 2.45 bits per heavy atom. The van der Waals surface area contributed by atoms with Gasteiger partial charge in [-0.05, 0) is 61.0 Å². The van der Waals surface area contributed by atoms with Crippen molar-refractivity contribution in [2.24, 2.45) is 4.99 Å². The summed E-state index contributed by atoms with van der Waals surface area (Å²) >= 11 is 0.916. The lowest BCUT2D eigenvalue weighted by Crippen LogP contribution is -2.31. The Morgan fingerprint density at radius 1 is 1.08 bits per heavy atom. The van der Waals surface area contributed by atoms with Crippen LogP contribution in [0.2, 0.25) is 0 Å². The lowest BCUT2D eigenvalue weighted by Gasteiger charge is -2.40. The molecule has 1 saturated heterocycles. The third kappa shape index (κ3) is 8.54. The van der Waals surface area contributed by atoms with Crippen molar-refractivity contribution in [1.29, 1.82) is 5.26 Å². The van der Waals surface area contributed by atoms with Gasteiger partial charge in [0.05, 0.1) is 35.0 Å². The molecule has 0 atom stereocenters. The van der Waals surface area contributed by atoms with Gasteiger partial charge >= 0.3 is 22.4 Å². The Kier molecular flexibility index (Phi) is 8.76. The lowest BCUT2D eigenvalue weighted by atomic mass is 10.1. The van der Waals surface area contributed by atoms with Crippen molar-refractivity contribution < 1.29 is 46.9 Å². The standard InChI is InChI=1S/C29H21F8N7O3S2/c1-17-2-3-19(13-47-15-29(30,31)32)24(10-17)44-25(45)14-48-28(44)41-27(46)40-23-9-4-18(11-20(23)12-38)26-39-16-43(42-26)21-5-7-22(8-6-21)49(33,34,35,36)37/h2-11,16H,13-15H2,1H3,(H,40,46). The summed E-state index contributed by atoms with van der Waals surface area (Å²) in [5.74, 6) is -0.583. The Bertz CT molecular complexity index is 2030. The fourth-order valence-electron chi connectivity index (χ4n) is 4.45. The van der Waals surface area contributed by atoms with Crippen LogP contribution in [0, 0.1) is 18.3 Å². The molecule has 1 aliphatic rings. The van der Waals surface area contributed by atoms with Crippen LogP contribution in [-0.2, 0) is 16.1 Å². The topological polar surface area (TPSA) is 126 Å². The summed E-state index contributed by atoms with van der Waals surface area (Å²) in [6, 6.07) is 11.7. The van der Waals surface area contributed by atoms with Crippen LogP contribution < -0.4 is 10.2 Å². The van der Waals surface area contributed by atoms with Gasteiger partial charge in [-0.15, -0.1) is 5.10 Å². The molecule has 49 heavy (non-hydrogen) atoms. The van der Waals surface area contributed by atoms with Crippen molar-refractivity contribution >= 4 is 50.5 Å². The zero-order chi connectivity index (χ0) is 35.8. The molecule has 0 unspecified atom stereocenters. The van der Waals surface area contributed by atoms with E-state index in [1.807, 2.05) is 6.07 Å². The molecule has 10 nitrogen and oxygen atoms in total. The summed E-state index contributed by atoms with van der Waals surface area (Å²) in [5, 5.41) is 16.2. The summed E-state index contributed by atoms with van der Waals surface area (Å²) in [6.45, 7) is -0.278. The highest BCUT2D eigenvalue weighted by atomic mass is 32.5. The van der Waals surface area contributed by atoms with Gasteiger partial charge in [0.25, 0.3) is 0 Å². The van der Waals surface area contributed by atoms with Gasteiger partial charge in [0.1, 0.15) is 23.9 Å². The van der Waals surface area contributed by atoms with E-state index in [4.69, 9.17) is 4.74 Å². The van der Waals surface area contributed by atoms with Crippen LogP contribution in [0.15, 0.2) is 76.9 Å². The van der Waals surface area contributed by atoms with Crippen molar-refractivity contribution in [1.82, 2.24) is 14.8 Å². The highest BCUT2D eigenvalue weighted by Gasteiger charge is 2.65. The number of aryl methyl sites for hydroxylation is 1. The molecule has 1 aliphatic heterocycles. The van der Waals surface area contributed by atoms with Gasteiger partial charge in [-0.3, -0.25) is 9.69 Å². The minimum Gasteiger partial charge on any atom is -0.367 e. The second kappa shape index (κ2) is 12.2. The molecule has 0 bridgehead atoms. The molecule has 3 amide bonds. The van der Waals surface area contributed by atoms with Crippen molar-refractivity contribution in [3.05, 3.63) is 83.7 Å².